The standard InChI is InChI=1S/C13H18N2O3/c1-10(11-6-3-2-4-7-11)15-13(18)14-9-5-8-12(16)17/h2-4,6-7,10H,5,8-9H2,1H3,(H,16,17)(H2,14,15,18)/t10-/m1/s1. The zero-order chi connectivity index (χ0) is 13.4. The SMILES string of the molecule is C[C@@H](NC(=O)NCCCC(=O)O)c1ccccc1. The van der Waals surface area contributed by atoms with Gasteiger partial charge in [-0.2, -0.15) is 0 Å². The van der Waals surface area contributed by atoms with E-state index in [0.29, 0.717) is 13.0 Å². The second-order valence-electron chi connectivity index (χ2n) is 4.03. The van der Waals surface area contributed by atoms with Gasteiger partial charge >= 0.3 is 12.0 Å². The number of amides is 2. The molecule has 98 valence electrons. The molecule has 0 radical (unpaired) electrons. The molecule has 18 heavy (non-hydrogen) atoms. The van der Waals surface area contributed by atoms with Crippen LogP contribution in [-0.2, 0) is 4.79 Å². The summed E-state index contributed by atoms with van der Waals surface area (Å²) in [5.41, 5.74) is 1.03. The Balaban J connectivity index is 2.26. The van der Waals surface area contributed by atoms with E-state index < -0.39 is 5.97 Å². The molecular weight excluding hydrogens is 232 g/mol. The summed E-state index contributed by atoms with van der Waals surface area (Å²) in [6.07, 6.45) is 0.497. The first-order chi connectivity index (χ1) is 8.59. The number of nitrogens with one attached hydrogen (secondary N) is 2. The van der Waals surface area contributed by atoms with Crippen molar-refractivity contribution in [3.63, 3.8) is 0 Å². The number of rotatable bonds is 6. The van der Waals surface area contributed by atoms with Crippen molar-refractivity contribution in [2.45, 2.75) is 25.8 Å². The van der Waals surface area contributed by atoms with E-state index in [4.69, 9.17) is 5.11 Å². The minimum absolute atomic E-state index is 0.0640. The summed E-state index contributed by atoms with van der Waals surface area (Å²) in [6, 6.07) is 9.27. The van der Waals surface area contributed by atoms with Crippen molar-refractivity contribution in [3.8, 4) is 0 Å². The second-order valence-corrected chi connectivity index (χ2v) is 4.03. The zero-order valence-electron chi connectivity index (χ0n) is 10.3. The van der Waals surface area contributed by atoms with Gasteiger partial charge in [0.2, 0.25) is 0 Å². The van der Waals surface area contributed by atoms with Crippen molar-refractivity contribution >= 4 is 12.0 Å². The van der Waals surface area contributed by atoms with Gasteiger partial charge in [-0.15, -0.1) is 0 Å². The largest absolute Gasteiger partial charge is 0.481 e. The third-order valence-electron chi connectivity index (χ3n) is 2.50. The van der Waals surface area contributed by atoms with E-state index in [1.54, 1.807) is 0 Å². The van der Waals surface area contributed by atoms with Crippen molar-refractivity contribution in [2.75, 3.05) is 6.54 Å². The molecule has 1 rings (SSSR count). The van der Waals surface area contributed by atoms with Gasteiger partial charge in [-0.3, -0.25) is 4.79 Å². The molecule has 0 fully saturated rings. The maximum Gasteiger partial charge on any atom is 0.315 e. The molecule has 0 saturated carbocycles. The van der Waals surface area contributed by atoms with Gasteiger partial charge in [-0.25, -0.2) is 4.79 Å². The zero-order valence-corrected chi connectivity index (χ0v) is 10.3. The molecule has 5 heteroatoms. The van der Waals surface area contributed by atoms with Crippen LogP contribution >= 0.6 is 0 Å². The van der Waals surface area contributed by atoms with Gasteiger partial charge in [0.05, 0.1) is 6.04 Å². The summed E-state index contributed by atoms with van der Waals surface area (Å²) in [4.78, 5) is 21.8. The third kappa shape index (κ3) is 5.34. The molecule has 0 aliphatic rings. The highest BCUT2D eigenvalue weighted by Crippen LogP contribution is 2.10. The number of hydrogen-bond acceptors (Lipinski definition) is 2. The highest BCUT2D eigenvalue weighted by atomic mass is 16.4. The molecule has 0 unspecified atom stereocenters. The molecule has 5 nitrogen and oxygen atoms in total. The minimum Gasteiger partial charge on any atom is -0.481 e. The highest BCUT2D eigenvalue weighted by Gasteiger charge is 2.08. The van der Waals surface area contributed by atoms with Crippen molar-refractivity contribution in [2.24, 2.45) is 0 Å². The average molecular weight is 250 g/mol. The first-order valence-electron chi connectivity index (χ1n) is 5.90. The fraction of sp³-hybridized carbons (Fsp3) is 0.385. The van der Waals surface area contributed by atoms with E-state index in [-0.39, 0.29) is 18.5 Å². The molecule has 0 saturated heterocycles. The third-order valence-corrected chi connectivity index (χ3v) is 2.50. The molecule has 1 aromatic carbocycles. The van der Waals surface area contributed by atoms with Crippen LogP contribution in [0.15, 0.2) is 30.3 Å². The summed E-state index contributed by atoms with van der Waals surface area (Å²) >= 11 is 0. The summed E-state index contributed by atoms with van der Waals surface area (Å²) < 4.78 is 0. The van der Waals surface area contributed by atoms with Crippen LogP contribution in [0, 0.1) is 0 Å². The van der Waals surface area contributed by atoms with Gasteiger partial charge in [0.15, 0.2) is 0 Å². The lowest BCUT2D eigenvalue weighted by Crippen LogP contribution is -2.37. The Bertz CT molecular complexity index is 392. The first kappa shape index (κ1) is 14.0. The number of hydrogen-bond donors (Lipinski definition) is 3. The topological polar surface area (TPSA) is 78.4 Å². The Morgan fingerprint density at radius 2 is 1.94 bits per heavy atom. The van der Waals surface area contributed by atoms with E-state index >= 15 is 0 Å². The Labute approximate surface area is 106 Å². The highest BCUT2D eigenvalue weighted by molar-refractivity contribution is 5.74. The molecule has 0 bridgehead atoms. The van der Waals surface area contributed by atoms with Crippen molar-refractivity contribution < 1.29 is 14.7 Å². The first-order valence-corrected chi connectivity index (χ1v) is 5.90. The Morgan fingerprint density at radius 3 is 2.56 bits per heavy atom. The smallest absolute Gasteiger partial charge is 0.315 e. The van der Waals surface area contributed by atoms with Crippen LogP contribution in [0.1, 0.15) is 31.4 Å². The summed E-state index contributed by atoms with van der Waals surface area (Å²) in [7, 11) is 0. The second kappa shape index (κ2) is 7.32. The van der Waals surface area contributed by atoms with Gasteiger partial charge < -0.3 is 15.7 Å². The van der Waals surface area contributed by atoms with E-state index in [2.05, 4.69) is 10.6 Å². The van der Waals surface area contributed by atoms with Crippen LogP contribution in [-0.4, -0.2) is 23.7 Å². The minimum atomic E-state index is -0.852. The molecule has 0 spiro atoms. The fourth-order valence-corrected chi connectivity index (χ4v) is 1.51. The predicted octanol–water partition coefficient (Wildman–Crippen LogP) is 1.91. The fourth-order valence-electron chi connectivity index (χ4n) is 1.51. The van der Waals surface area contributed by atoms with E-state index in [1.807, 2.05) is 37.3 Å². The maximum absolute atomic E-state index is 11.5. The number of carboxylic acids is 1. The van der Waals surface area contributed by atoms with Crippen LogP contribution in [0.5, 0.6) is 0 Å². The number of carboxylic acid groups (broad SMARTS) is 1. The van der Waals surface area contributed by atoms with Crippen LogP contribution < -0.4 is 10.6 Å². The monoisotopic (exact) mass is 250 g/mol. The lowest BCUT2D eigenvalue weighted by Gasteiger charge is -2.14. The number of aliphatic carboxylic acids is 1. The Hall–Kier alpha value is -2.04. The normalized spacial score (nSPS) is 11.6. The van der Waals surface area contributed by atoms with Crippen molar-refractivity contribution in [3.05, 3.63) is 35.9 Å². The number of carbonyl (C=O) groups is 2. The van der Waals surface area contributed by atoms with E-state index in [1.165, 1.54) is 0 Å². The Kier molecular flexibility index (Phi) is 5.70. The molecule has 3 N–H and O–H groups in total. The van der Waals surface area contributed by atoms with Gasteiger partial charge in [-0.1, -0.05) is 30.3 Å². The molecule has 1 atom stereocenters. The molecule has 2 amide bonds. The molecule has 0 aliphatic heterocycles. The number of benzene rings is 1. The van der Waals surface area contributed by atoms with E-state index in [0.717, 1.165) is 5.56 Å². The molecule has 0 aromatic heterocycles. The lowest BCUT2D eigenvalue weighted by atomic mass is 10.1. The maximum atomic E-state index is 11.5. The molecule has 0 aliphatic carbocycles. The van der Waals surface area contributed by atoms with Crippen LogP contribution in [0.25, 0.3) is 0 Å². The van der Waals surface area contributed by atoms with Crippen molar-refractivity contribution in [1.82, 2.24) is 10.6 Å². The van der Waals surface area contributed by atoms with Crippen LogP contribution in [0.2, 0.25) is 0 Å². The van der Waals surface area contributed by atoms with Crippen molar-refractivity contribution in [1.29, 1.82) is 0 Å². The molecule has 1 aromatic rings. The molecular formula is C13H18N2O3. The van der Waals surface area contributed by atoms with Crippen LogP contribution in [0.3, 0.4) is 0 Å². The van der Waals surface area contributed by atoms with Gasteiger partial charge in [-0.05, 0) is 18.9 Å². The summed E-state index contributed by atoms with van der Waals surface area (Å²) in [5, 5.41) is 13.9. The van der Waals surface area contributed by atoms with Crippen LogP contribution in [0.4, 0.5) is 4.79 Å². The van der Waals surface area contributed by atoms with Gasteiger partial charge in [0.1, 0.15) is 0 Å². The Morgan fingerprint density at radius 1 is 1.28 bits per heavy atom. The average Bonchev–Trinajstić information content (AvgIpc) is 2.35. The van der Waals surface area contributed by atoms with Gasteiger partial charge in [0.25, 0.3) is 0 Å². The van der Waals surface area contributed by atoms with Gasteiger partial charge in [0, 0.05) is 13.0 Å². The summed E-state index contributed by atoms with van der Waals surface area (Å²) in [6.45, 7) is 2.26. The molecule has 0 heterocycles. The quantitative estimate of drug-likeness (QED) is 0.675. The summed E-state index contributed by atoms with van der Waals surface area (Å²) in [5.74, 6) is -0.852. The number of carbonyl (C=O) groups excluding carboxylic acids is 1. The van der Waals surface area contributed by atoms with E-state index in [9.17, 15) is 9.59 Å². The predicted molar refractivity (Wildman–Crippen MR) is 68.3 cm³/mol. The number of urea groups is 1. The lowest BCUT2D eigenvalue weighted by molar-refractivity contribution is -0.137.